The van der Waals surface area contributed by atoms with Crippen LogP contribution in [0.5, 0.6) is 0 Å². The van der Waals surface area contributed by atoms with E-state index in [1.54, 1.807) is 30.3 Å². The van der Waals surface area contributed by atoms with Crippen LogP contribution in [0.1, 0.15) is 20.7 Å². The molecule has 0 aliphatic rings. The summed E-state index contributed by atoms with van der Waals surface area (Å²) >= 11 is 3.20. The Morgan fingerprint density at radius 1 is 1.10 bits per heavy atom. The predicted octanol–water partition coefficient (Wildman–Crippen LogP) is 2.98. The first-order chi connectivity index (χ1) is 9.45. The summed E-state index contributed by atoms with van der Waals surface area (Å²) in [6, 6.07) is 11.0. The van der Waals surface area contributed by atoms with E-state index in [1.807, 2.05) is 0 Å². The second-order valence-electron chi connectivity index (χ2n) is 4.11. The lowest BCUT2D eigenvalue weighted by Gasteiger charge is -2.07. The number of hydrogen-bond acceptors (Lipinski definition) is 3. The van der Waals surface area contributed by atoms with Crippen LogP contribution in [0.15, 0.2) is 46.9 Å². The number of nitrogen functional groups attached to an aromatic ring is 1. The van der Waals surface area contributed by atoms with E-state index in [2.05, 4.69) is 21.2 Å². The van der Waals surface area contributed by atoms with E-state index in [9.17, 15) is 9.59 Å². The molecule has 4 N–H and O–H groups in total. The zero-order valence-corrected chi connectivity index (χ0v) is 11.8. The smallest absolute Gasteiger partial charge is 0.335 e. The quantitative estimate of drug-likeness (QED) is 0.752. The molecule has 102 valence electrons. The zero-order valence-electron chi connectivity index (χ0n) is 10.3. The van der Waals surface area contributed by atoms with Crippen molar-refractivity contribution < 1.29 is 14.7 Å². The van der Waals surface area contributed by atoms with Gasteiger partial charge in [0.15, 0.2) is 0 Å². The average molecular weight is 335 g/mol. The van der Waals surface area contributed by atoms with Crippen molar-refractivity contribution in [1.29, 1.82) is 0 Å². The number of carbonyl (C=O) groups excluding carboxylic acids is 1. The number of benzene rings is 2. The van der Waals surface area contributed by atoms with E-state index in [0.717, 1.165) is 0 Å². The Morgan fingerprint density at radius 2 is 1.85 bits per heavy atom. The summed E-state index contributed by atoms with van der Waals surface area (Å²) in [7, 11) is 0. The Hall–Kier alpha value is -2.34. The van der Waals surface area contributed by atoms with E-state index in [4.69, 9.17) is 10.8 Å². The molecule has 0 aliphatic heterocycles. The molecule has 0 aromatic heterocycles. The first-order valence-corrected chi connectivity index (χ1v) is 6.46. The van der Waals surface area contributed by atoms with E-state index in [1.165, 1.54) is 12.1 Å². The number of nitrogens with two attached hydrogens (primary N) is 1. The fraction of sp³-hybridized carbons (Fsp3) is 0. The molecule has 0 bridgehead atoms. The van der Waals surface area contributed by atoms with Crippen molar-refractivity contribution in [2.24, 2.45) is 0 Å². The van der Waals surface area contributed by atoms with Crippen molar-refractivity contribution in [1.82, 2.24) is 0 Å². The third kappa shape index (κ3) is 3.36. The molecule has 0 saturated carbocycles. The van der Waals surface area contributed by atoms with Gasteiger partial charge in [0, 0.05) is 21.4 Å². The molecule has 0 saturated heterocycles. The van der Waals surface area contributed by atoms with E-state index < -0.39 is 5.97 Å². The summed E-state index contributed by atoms with van der Waals surface area (Å²) < 4.78 is 0.570. The first kappa shape index (κ1) is 14.1. The van der Waals surface area contributed by atoms with E-state index in [-0.39, 0.29) is 11.5 Å². The van der Waals surface area contributed by atoms with Gasteiger partial charge in [-0.25, -0.2) is 4.79 Å². The number of rotatable bonds is 3. The van der Waals surface area contributed by atoms with Gasteiger partial charge in [-0.05, 0) is 36.4 Å². The monoisotopic (exact) mass is 334 g/mol. The van der Waals surface area contributed by atoms with Crippen molar-refractivity contribution in [3.05, 3.63) is 58.1 Å². The van der Waals surface area contributed by atoms with Gasteiger partial charge in [-0.3, -0.25) is 4.79 Å². The number of amides is 1. The number of carbonyl (C=O) groups is 2. The second kappa shape index (κ2) is 5.75. The van der Waals surface area contributed by atoms with Crippen molar-refractivity contribution in [3.8, 4) is 0 Å². The Balaban J connectivity index is 2.26. The fourth-order valence-electron chi connectivity index (χ4n) is 1.67. The largest absolute Gasteiger partial charge is 0.478 e. The molecule has 2 aromatic rings. The molecule has 0 heterocycles. The van der Waals surface area contributed by atoms with E-state index in [0.29, 0.717) is 21.4 Å². The summed E-state index contributed by atoms with van der Waals surface area (Å²) in [5.41, 5.74) is 6.98. The first-order valence-electron chi connectivity index (χ1n) is 5.66. The third-order valence-corrected chi connectivity index (χ3v) is 3.01. The predicted molar refractivity (Wildman–Crippen MR) is 79.9 cm³/mol. The van der Waals surface area contributed by atoms with Crippen molar-refractivity contribution in [3.63, 3.8) is 0 Å². The number of carboxylic acids is 1. The van der Waals surface area contributed by atoms with Gasteiger partial charge in [0.2, 0.25) is 0 Å². The highest BCUT2D eigenvalue weighted by atomic mass is 79.9. The van der Waals surface area contributed by atoms with Gasteiger partial charge >= 0.3 is 5.97 Å². The Bertz CT molecular complexity index is 686. The standard InChI is InChI=1S/C14H11BrN2O3/c15-10-4-9(14(19)20)6-12(7-10)17-13(18)8-2-1-3-11(16)5-8/h1-7H,16H2,(H,17,18)(H,19,20). The Labute approximate surface area is 123 Å². The van der Waals surface area contributed by atoms with E-state index >= 15 is 0 Å². The minimum atomic E-state index is -1.06. The van der Waals surface area contributed by atoms with Crippen molar-refractivity contribution in [2.45, 2.75) is 0 Å². The number of anilines is 2. The molecule has 2 rings (SSSR count). The third-order valence-electron chi connectivity index (χ3n) is 2.55. The van der Waals surface area contributed by atoms with Crippen LogP contribution in [0.25, 0.3) is 0 Å². The van der Waals surface area contributed by atoms with Crippen LogP contribution >= 0.6 is 15.9 Å². The van der Waals surface area contributed by atoms with Gasteiger partial charge in [-0.2, -0.15) is 0 Å². The summed E-state index contributed by atoms with van der Waals surface area (Å²) in [6.45, 7) is 0. The van der Waals surface area contributed by atoms with Crippen LogP contribution in [0.2, 0.25) is 0 Å². The number of nitrogens with one attached hydrogen (secondary N) is 1. The normalized spacial score (nSPS) is 10.1. The maximum Gasteiger partial charge on any atom is 0.335 e. The highest BCUT2D eigenvalue weighted by Crippen LogP contribution is 2.20. The molecular weight excluding hydrogens is 324 g/mol. The van der Waals surface area contributed by atoms with Crippen LogP contribution in [0.4, 0.5) is 11.4 Å². The Morgan fingerprint density at radius 3 is 2.50 bits per heavy atom. The topological polar surface area (TPSA) is 92.4 Å². The lowest BCUT2D eigenvalue weighted by atomic mass is 10.1. The van der Waals surface area contributed by atoms with Crippen LogP contribution in [-0.2, 0) is 0 Å². The van der Waals surface area contributed by atoms with Crippen molar-refractivity contribution in [2.75, 3.05) is 11.1 Å². The lowest BCUT2D eigenvalue weighted by molar-refractivity contribution is 0.0696. The van der Waals surface area contributed by atoms with Gasteiger partial charge in [0.05, 0.1) is 5.56 Å². The second-order valence-corrected chi connectivity index (χ2v) is 5.03. The SMILES string of the molecule is Nc1cccc(C(=O)Nc2cc(Br)cc(C(=O)O)c2)c1. The van der Waals surface area contributed by atoms with Crippen LogP contribution in [0, 0.1) is 0 Å². The molecule has 5 nitrogen and oxygen atoms in total. The summed E-state index contributed by atoms with van der Waals surface area (Å²) in [6.07, 6.45) is 0. The van der Waals surface area contributed by atoms with Crippen LogP contribution < -0.4 is 11.1 Å². The lowest BCUT2D eigenvalue weighted by Crippen LogP contribution is -2.12. The van der Waals surface area contributed by atoms with Crippen LogP contribution in [-0.4, -0.2) is 17.0 Å². The summed E-state index contributed by atoms with van der Waals surface area (Å²) in [5.74, 6) is -1.42. The number of halogens is 1. The molecule has 0 aliphatic carbocycles. The van der Waals surface area contributed by atoms with Gasteiger partial charge in [0.1, 0.15) is 0 Å². The fourth-order valence-corrected chi connectivity index (χ4v) is 2.16. The molecule has 20 heavy (non-hydrogen) atoms. The van der Waals surface area contributed by atoms with Crippen LogP contribution in [0.3, 0.4) is 0 Å². The maximum atomic E-state index is 12.0. The number of aromatic carboxylic acids is 1. The Kier molecular flexibility index (Phi) is 4.05. The van der Waals surface area contributed by atoms with Gasteiger partial charge in [0.25, 0.3) is 5.91 Å². The maximum absolute atomic E-state index is 12.0. The molecule has 1 amide bonds. The molecular formula is C14H11BrN2O3. The minimum absolute atomic E-state index is 0.0854. The van der Waals surface area contributed by atoms with Gasteiger partial charge in [-0.15, -0.1) is 0 Å². The molecule has 0 radical (unpaired) electrons. The summed E-state index contributed by atoms with van der Waals surface area (Å²) in [5, 5.41) is 11.6. The van der Waals surface area contributed by atoms with Crippen molar-refractivity contribution >= 4 is 39.2 Å². The van der Waals surface area contributed by atoms with Gasteiger partial charge in [-0.1, -0.05) is 22.0 Å². The molecule has 2 aromatic carbocycles. The summed E-state index contributed by atoms with van der Waals surface area (Å²) in [4.78, 5) is 23.0. The molecule has 0 spiro atoms. The minimum Gasteiger partial charge on any atom is -0.478 e. The number of hydrogen-bond donors (Lipinski definition) is 3. The highest BCUT2D eigenvalue weighted by molar-refractivity contribution is 9.10. The molecule has 0 unspecified atom stereocenters. The zero-order chi connectivity index (χ0) is 14.7. The highest BCUT2D eigenvalue weighted by Gasteiger charge is 2.10. The molecule has 0 fully saturated rings. The molecule has 6 heteroatoms. The number of carboxylic acid groups (broad SMARTS) is 1. The molecule has 0 atom stereocenters. The van der Waals surface area contributed by atoms with Gasteiger partial charge < -0.3 is 16.2 Å². The average Bonchev–Trinajstić information content (AvgIpc) is 2.37.